The van der Waals surface area contributed by atoms with Crippen molar-refractivity contribution < 1.29 is 0 Å². The van der Waals surface area contributed by atoms with Crippen molar-refractivity contribution in [1.82, 2.24) is 4.90 Å². The summed E-state index contributed by atoms with van der Waals surface area (Å²) < 4.78 is 1.02. The standard InChI is InChI=1S/C13H18BrClN2/c1-17-7-2-3-11(6-8-17)16-13-5-4-10(14)9-12(13)15/h4-5,9,11,16H,2-3,6-8H2,1H3. The maximum Gasteiger partial charge on any atom is 0.0648 e. The molecule has 0 amide bonds. The molecule has 1 aliphatic heterocycles. The number of hydrogen-bond donors (Lipinski definition) is 1. The fraction of sp³-hybridized carbons (Fsp3) is 0.538. The van der Waals surface area contributed by atoms with Gasteiger partial charge in [0, 0.05) is 10.5 Å². The number of nitrogens with zero attached hydrogens (tertiary/aromatic N) is 1. The van der Waals surface area contributed by atoms with Crippen LogP contribution in [0.25, 0.3) is 0 Å². The number of anilines is 1. The van der Waals surface area contributed by atoms with Gasteiger partial charge in [0.2, 0.25) is 0 Å². The number of likely N-dealkylation sites (tertiary alicyclic amines) is 1. The molecule has 0 spiro atoms. The zero-order valence-electron chi connectivity index (χ0n) is 10.0. The zero-order chi connectivity index (χ0) is 12.3. The van der Waals surface area contributed by atoms with Gasteiger partial charge >= 0.3 is 0 Å². The van der Waals surface area contributed by atoms with Crippen LogP contribution in [0.15, 0.2) is 22.7 Å². The minimum atomic E-state index is 0.540. The highest BCUT2D eigenvalue weighted by Gasteiger charge is 2.15. The molecule has 1 unspecified atom stereocenters. The van der Waals surface area contributed by atoms with Gasteiger partial charge in [-0.05, 0) is 57.6 Å². The van der Waals surface area contributed by atoms with Crippen LogP contribution in [0.5, 0.6) is 0 Å². The fourth-order valence-corrected chi connectivity index (χ4v) is 2.94. The number of benzene rings is 1. The molecule has 1 fully saturated rings. The van der Waals surface area contributed by atoms with E-state index in [1.807, 2.05) is 18.2 Å². The molecule has 1 N–H and O–H groups in total. The van der Waals surface area contributed by atoms with Crippen LogP contribution >= 0.6 is 27.5 Å². The first-order chi connectivity index (χ1) is 8.15. The number of hydrogen-bond acceptors (Lipinski definition) is 2. The first-order valence-electron chi connectivity index (χ1n) is 6.05. The number of rotatable bonds is 2. The Morgan fingerprint density at radius 3 is 2.94 bits per heavy atom. The van der Waals surface area contributed by atoms with Crippen LogP contribution in [-0.4, -0.2) is 31.1 Å². The smallest absolute Gasteiger partial charge is 0.0648 e. The van der Waals surface area contributed by atoms with Crippen LogP contribution in [0.3, 0.4) is 0 Å². The van der Waals surface area contributed by atoms with E-state index in [9.17, 15) is 0 Å². The van der Waals surface area contributed by atoms with Gasteiger partial charge in [-0.2, -0.15) is 0 Å². The molecule has 1 heterocycles. The summed E-state index contributed by atoms with van der Waals surface area (Å²) in [5.74, 6) is 0. The number of nitrogens with one attached hydrogen (secondary N) is 1. The van der Waals surface area contributed by atoms with Crippen molar-refractivity contribution in [3.05, 3.63) is 27.7 Å². The third-order valence-electron chi connectivity index (χ3n) is 3.24. The van der Waals surface area contributed by atoms with Crippen LogP contribution in [-0.2, 0) is 0 Å². The Labute approximate surface area is 116 Å². The molecule has 94 valence electrons. The van der Waals surface area contributed by atoms with Gasteiger partial charge < -0.3 is 10.2 Å². The molecule has 0 aliphatic carbocycles. The molecule has 0 saturated carbocycles. The lowest BCUT2D eigenvalue weighted by atomic mass is 10.1. The lowest BCUT2D eigenvalue weighted by Crippen LogP contribution is -2.23. The van der Waals surface area contributed by atoms with Crippen molar-refractivity contribution in [2.45, 2.75) is 25.3 Å². The first kappa shape index (κ1) is 13.2. The van der Waals surface area contributed by atoms with E-state index in [0.717, 1.165) is 21.7 Å². The van der Waals surface area contributed by atoms with Gasteiger partial charge in [-0.3, -0.25) is 0 Å². The second-order valence-electron chi connectivity index (χ2n) is 4.70. The zero-order valence-corrected chi connectivity index (χ0v) is 12.4. The normalized spacial score (nSPS) is 22.2. The SMILES string of the molecule is CN1CCCC(Nc2ccc(Br)cc2Cl)CC1. The Hall–Kier alpha value is -0.250. The molecule has 1 saturated heterocycles. The van der Waals surface area contributed by atoms with Crippen LogP contribution in [0.4, 0.5) is 5.69 Å². The summed E-state index contributed by atoms with van der Waals surface area (Å²) in [5, 5.41) is 4.35. The van der Waals surface area contributed by atoms with Crippen LogP contribution in [0.2, 0.25) is 5.02 Å². The molecule has 1 aliphatic rings. The van der Waals surface area contributed by atoms with E-state index in [2.05, 4.69) is 33.2 Å². The monoisotopic (exact) mass is 316 g/mol. The summed E-state index contributed by atoms with van der Waals surface area (Å²) in [4.78, 5) is 2.39. The molecule has 0 aromatic heterocycles. The van der Waals surface area contributed by atoms with Gasteiger partial charge in [0.1, 0.15) is 0 Å². The van der Waals surface area contributed by atoms with Crippen molar-refractivity contribution in [3.63, 3.8) is 0 Å². The van der Waals surface area contributed by atoms with Crippen LogP contribution < -0.4 is 5.32 Å². The van der Waals surface area contributed by atoms with Crippen molar-refractivity contribution in [1.29, 1.82) is 0 Å². The molecule has 0 bridgehead atoms. The van der Waals surface area contributed by atoms with Gasteiger partial charge in [0.15, 0.2) is 0 Å². The summed E-state index contributed by atoms with van der Waals surface area (Å²) in [6.45, 7) is 2.36. The first-order valence-corrected chi connectivity index (χ1v) is 7.22. The molecular weight excluding hydrogens is 300 g/mol. The minimum Gasteiger partial charge on any atom is -0.381 e. The van der Waals surface area contributed by atoms with E-state index in [1.165, 1.54) is 25.8 Å². The Bertz CT molecular complexity index is 384. The molecule has 1 aromatic rings. The van der Waals surface area contributed by atoms with E-state index < -0.39 is 0 Å². The highest BCUT2D eigenvalue weighted by molar-refractivity contribution is 9.10. The predicted molar refractivity (Wildman–Crippen MR) is 77.9 cm³/mol. The Morgan fingerprint density at radius 1 is 1.35 bits per heavy atom. The molecule has 2 rings (SSSR count). The Kier molecular flexibility index (Phi) is 4.71. The Balaban J connectivity index is 2.00. The maximum atomic E-state index is 6.22. The summed E-state index contributed by atoms with van der Waals surface area (Å²) in [5.41, 5.74) is 1.05. The van der Waals surface area contributed by atoms with E-state index >= 15 is 0 Å². The molecule has 2 nitrogen and oxygen atoms in total. The number of halogens is 2. The summed E-state index contributed by atoms with van der Waals surface area (Å²) in [6.07, 6.45) is 3.65. The predicted octanol–water partition coefficient (Wildman–Crippen LogP) is 4.00. The van der Waals surface area contributed by atoms with Gasteiger partial charge in [-0.25, -0.2) is 0 Å². The van der Waals surface area contributed by atoms with Crippen molar-refractivity contribution in [2.75, 3.05) is 25.5 Å². The van der Waals surface area contributed by atoms with Crippen molar-refractivity contribution in [3.8, 4) is 0 Å². The van der Waals surface area contributed by atoms with Gasteiger partial charge in [0.25, 0.3) is 0 Å². The lowest BCUT2D eigenvalue weighted by molar-refractivity contribution is 0.348. The van der Waals surface area contributed by atoms with E-state index in [-0.39, 0.29) is 0 Å². The lowest BCUT2D eigenvalue weighted by Gasteiger charge is -2.19. The molecule has 1 atom stereocenters. The van der Waals surface area contributed by atoms with Gasteiger partial charge in [-0.1, -0.05) is 27.5 Å². The van der Waals surface area contributed by atoms with Gasteiger partial charge in [0.05, 0.1) is 10.7 Å². The third kappa shape index (κ3) is 3.87. The van der Waals surface area contributed by atoms with E-state index in [4.69, 9.17) is 11.6 Å². The van der Waals surface area contributed by atoms with Crippen molar-refractivity contribution >= 4 is 33.2 Å². The van der Waals surface area contributed by atoms with Crippen LogP contribution in [0, 0.1) is 0 Å². The highest BCUT2D eigenvalue weighted by Crippen LogP contribution is 2.27. The quantitative estimate of drug-likeness (QED) is 0.887. The topological polar surface area (TPSA) is 15.3 Å². The second kappa shape index (κ2) is 6.07. The fourth-order valence-electron chi connectivity index (χ4n) is 2.21. The average molecular weight is 318 g/mol. The summed E-state index contributed by atoms with van der Waals surface area (Å²) in [7, 11) is 2.19. The molecule has 17 heavy (non-hydrogen) atoms. The van der Waals surface area contributed by atoms with Crippen molar-refractivity contribution in [2.24, 2.45) is 0 Å². The minimum absolute atomic E-state index is 0.540. The van der Waals surface area contributed by atoms with Crippen LogP contribution in [0.1, 0.15) is 19.3 Å². The van der Waals surface area contributed by atoms with Gasteiger partial charge in [-0.15, -0.1) is 0 Å². The summed E-state index contributed by atoms with van der Waals surface area (Å²) >= 11 is 9.64. The molecular formula is C13H18BrClN2. The highest BCUT2D eigenvalue weighted by atomic mass is 79.9. The molecule has 4 heteroatoms. The molecule has 1 aromatic carbocycles. The summed E-state index contributed by atoms with van der Waals surface area (Å²) in [6, 6.07) is 6.55. The van der Waals surface area contributed by atoms with E-state index in [1.54, 1.807) is 0 Å². The van der Waals surface area contributed by atoms with E-state index in [0.29, 0.717) is 6.04 Å². The average Bonchev–Trinajstić information content (AvgIpc) is 2.48. The Morgan fingerprint density at radius 2 is 2.18 bits per heavy atom. The third-order valence-corrected chi connectivity index (χ3v) is 4.05. The second-order valence-corrected chi connectivity index (χ2v) is 6.02. The molecule has 0 radical (unpaired) electrons. The maximum absolute atomic E-state index is 6.22. The largest absolute Gasteiger partial charge is 0.381 e.